The van der Waals surface area contributed by atoms with Crippen LogP contribution in [0.2, 0.25) is 5.02 Å². The summed E-state index contributed by atoms with van der Waals surface area (Å²) in [6.07, 6.45) is -0.674. The van der Waals surface area contributed by atoms with E-state index in [0.29, 0.717) is 26.6 Å². The average molecular weight is 322 g/mol. The number of likely N-dealkylation sites (N-methyl/N-ethyl adjacent to an activating group) is 1. The topological polar surface area (TPSA) is 57.6 Å². The van der Waals surface area contributed by atoms with Crippen LogP contribution >= 0.6 is 22.9 Å². The highest BCUT2D eigenvalue weighted by Crippen LogP contribution is 2.34. The number of halogens is 1. The fourth-order valence-electron chi connectivity index (χ4n) is 2.34. The minimum Gasteiger partial charge on any atom is -0.383 e. The second-order valence-corrected chi connectivity index (χ2v) is 6.24. The van der Waals surface area contributed by atoms with Crippen molar-refractivity contribution in [3.63, 3.8) is 0 Å². The molecule has 0 aliphatic carbocycles. The third-order valence-electron chi connectivity index (χ3n) is 3.59. The number of aliphatic hydroxyl groups is 1. The molecule has 1 N–H and O–H groups in total. The number of rotatable bonds is 2. The Morgan fingerprint density at radius 1 is 1.33 bits per heavy atom. The zero-order valence-corrected chi connectivity index (χ0v) is 12.7. The first-order chi connectivity index (χ1) is 9.99. The minimum atomic E-state index is -0.876. The van der Waals surface area contributed by atoms with E-state index in [1.165, 1.54) is 18.4 Å². The summed E-state index contributed by atoms with van der Waals surface area (Å²) in [5, 5.41) is 12.7. The molecule has 0 spiro atoms. The van der Waals surface area contributed by atoms with Crippen molar-refractivity contribution >= 4 is 34.8 Å². The number of carbonyl (C=O) groups excluding carboxylic acids is 2. The van der Waals surface area contributed by atoms with Gasteiger partial charge < -0.3 is 5.11 Å². The summed E-state index contributed by atoms with van der Waals surface area (Å²) < 4.78 is 0. The van der Waals surface area contributed by atoms with E-state index >= 15 is 0 Å². The van der Waals surface area contributed by atoms with Crippen LogP contribution < -0.4 is 0 Å². The van der Waals surface area contributed by atoms with Crippen molar-refractivity contribution in [1.82, 2.24) is 4.90 Å². The highest BCUT2D eigenvalue weighted by molar-refractivity contribution is 7.10. The number of imide groups is 1. The van der Waals surface area contributed by atoms with Gasteiger partial charge in [-0.1, -0.05) is 23.7 Å². The van der Waals surface area contributed by atoms with Crippen LogP contribution in [0, 0.1) is 0 Å². The number of benzene rings is 1. The Balaban J connectivity index is 2.02. The number of hydrogen-bond acceptors (Lipinski definition) is 4. The molecule has 1 atom stereocenters. The molecular formula is C15H12ClNO3S. The van der Waals surface area contributed by atoms with Gasteiger partial charge in [0, 0.05) is 12.6 Å². The summed E-state index contributed by atoms with van der Waals surface area (Å²) in [6.45, 7) is 0. The molecule has 2 amide bonds. The summed E-state index contributed by atoms with van der Waals surface area (Å²) in [5.41, 5.74) is 1.74. The average Bonchev–Trinajstić information content (AvgIpc) is 2.90. The third kappa shape index (κ3) is 2.37. The predicted molar refractivity (Wildman–Crippen MR) is 80.6 cm³/mol. The van der Waals surface area contributed by atoms with Gasteiger partial charge in [-0.3, -0.25) is 14.5 Å². The standard InChI is InChI=1S/C15H12ClNO3S/c1-17-12(18)7-8-2-3-9(6-10(8)15(17)20)13(19)14-11(16)4-5-21-14/h2-6,13,19H,7H2,1H3. The first-order valence-corrected chi connectivity index (χ1v) is 7.59. The van der Waals surface area contributed by atoms with Crippen LogP contribution in [-0.2, 0) is 11.2 Å². The van der Waals surface area contributed by atoms with E-state index in [0.717, 1.165) is 4.90 Å². The quantitative estimate of drug-likeness (QED) is 0.865. The molecule has 1 aliphatic rings. The molecule has 4 nitrogen and oxygen atoms in total. The molecule has 108 valence electrons. The van der Waals surface area contributed by atoms with Gasteiger partial charge in [-0.25, -0.2) is 0 Å². The molecule has 1 unspecified atom stereocenters. The van der Waals surface area contributed by atoms with Crippen LogP contribution in [0.15, 0.2) is 29.6 Å². The maximum Gasteiger partial charge on any atom is 0.260 e. The summed E-state index contributed by atoms with van der Waals surface area (Å²) in [7, 11) is 1.47. The second-order valence-electron chi connectivity index (χ2n) is 4.89. The van der Waals surface area contributed by atoms with Crippen molar-refractivity contribution in [2.24, 2.45) is 0 Å². The molecule has 2 heterocycles. The fraction of sp³-hybridized carbons (Fsp3) is 0.200. The Kier molecular flexibility index (Phi) is 3.57. The minimum absolute atomic E-state index is 0.202. The van der Waals surface area contributed by atoms with Gasteiger partial charge in [0.15, 0.2) is 0 Å². The van der Waals surface area contributed by atoms with E-state index in [4.69, 9.17) is 11.6 Å². The molecule has 1 aliphatic heterocycles. The van der Waals surface area contributed by atoms with Crippen LogP contribution in [0.25, 0.3) is 0 Å². The molecule has 0 fully saturated rings. The lowest BCUT2D eigenvalue weighted by atomic mass is 9.94. The summed E-state index contributed by atoms with van der Waals surface area (Å²) in [6, 6.07) is 6.81. The molecule has 0 saturated heterocycles. The molecule has 3 rings (SSSR count). The van der Waals surface area contributed by atoms with Gasteiger partial charge in [0.05, 0.1) is 16.3 Å². The van der Waals surface area contributed by atoms with Gasteiger partial charge in [0.1, 0.15) is 6.10 Å². The molecule has 2 aromatic rings. The number of fused-ring (bicyclic) bond motifs is 1. The maximum atomic E-state index is 12.2. The van der Waals surface area contributed by atoms with E-state index in [2.05, 4.69) is 0 Å². The van der Waals surface area contributed by atoms with E-state index in [-0.39, 0.29) is 18.2 Å². The highest BCUT2D eigenvalue weighted by Gasteiger charge is 2.29. The molecule has 0 bridgehead atoms. The monoisotopic (exact) mass is 321 g/mol. The second kappa shape index (κ2) is 5.26. The van der Waals surface area contributed by atoms with Crippen LogP contribution in [0.1, 0.15) is 32.5 Å². The number of amides is 2. The third-order valence-corrected chi connectivity index (χ3v) is 5.00. The molecule has 1 aromatic heterocycles. The van der Waals surface area contributed by atoms with Crippen LogP contribution in [0.3, 0.4) is 0 Å². The highest BCUT2D eigenvalue weighted by atomic mass is 35.5. The zero-order valence-electron chi connectivity index (χ0n) is 11.2. The number of hydrogen-bond donors (Lipinski definition) is 1. The first kappa shape index (κ1) is 14.3. The van der Waals surface area contributed by atoms with Crippen molar-refractivity contribution in [2.45, 2.75) is 12.5 Å². The Labute approximate surface area is 130 Å². The number of carbonyl (C=O) groups is 2. The van der Waals surface area contributed by atoms with Crippen molar-refractivity contribution in [2.75, 3.05) is 7.05 Å². The first-order valence-electron chi connectivity index (χ1n) is 6.33. The van der Waals surface area contributed by atoms with E-state index in [1.54, 1.807) is 29.6 Å². The summed E-state index contributed by atoms with van der Waals surface area (Å²) >= 11 is 7.39. The van der Waals surface area contributed by atoms with Crippen molar-refractivity contribution in [3.05, 3.63) is 56.2 Å². The Hall–Kier alpha value is -1.69. The van der Waals surface area contributed by atoms with Crippen molar-refractivity contribution in [1.29, 1.82) is 0 Å². The van der Waals surface area contributed by atoms with Gasteiger partial charge >= 0.3 is 0 Å². The Bertz CT molecular complexity index is 740. The van der Waals surface area contributed by atoms with Crippen molar-refractivity contribution in [3.8, 4) is 0 Å². The SMILES string of the molecule is CN1C(=O)Cc2ccc(C(O)c3sccc3Cl)cc2C1=O. The molecule has 0 radical (unpaired) electrons. The van der Waals surface area contributed by atoms with E-state index < -0.39 is 6.10 Å². The Morgan fingerprint density at radius 3 is 2.76 bits per heavy atom. The predicted octanol–water partition coefficient (Wildman–Crippen LogP) is 2.64. The summed E-state index contributed by atoms with van der Waals surface area (Å²) in [4.78, 5) is 25.6. The van der Waals surface area contributed by atoms with Gasteiger partial charge in [-0.2, -0.15) is 0 Å². The van der Waals surface area contributed by atoms with Gasteiger partial charge in [0.25, 0.3) is 5.91 Å². The molecule has 1 aromatic carbocycles. The molecule has 6 heteroatoms. The lowest BCUT2D eigenvalue weighted by molar-refractivity contribution is -0.127. The van der Waals surface area contributed by atoms with Crippen molar-refractivity contribution < 1.29 is 14.7 Å². The molecular weight excluding hydrogens is 310 g/mol. The normalized spacial score (nSPS) is 16.0. The maximum absolute atomic E-state index is 12.2. The lowest BCUT2D eigenvalue weighted by Gasteiger charge is -2.24. The van der Waals surface area contributed by atoms with E-state index in [1.807, 2.05) is 0 Å². The van der Waals surface area contributed by atoms with E-state index in [9.17, 15) is 14.7 Å². The zero-order chi connectivity index (χ0) is 15.1. The molecule has 0 saturated carbocycles. The summed E-state index contributed by atoms with van der Waals surface area (Å²) in [5.74, 6) is -0.560. The van der Waals surface area contributed by atoms with Gasteiger partial charge in [0.2, 0.25) is 5.91 Å². The Morgan fingerprint density at radius 2 is 2.10 bits per heavy atom. The van der Waals surface area contributed by atoms with Crippen LogP contribution in [0.4, 0.5) is 0 Å². The molecule has 21 heavy (non-hydrogen) atoms. The van der Waals surface area contributed by atoms with Gasteiger partial charge in [-0.15, -0.1) is 11.3 Å². The fourth-order valence-corrected chi connectivity index (χ4v) is 3.52. The largest absolute Gasteiger partial charge is 0.383 e. The van der Waals surface area contributed by atoms with Gasteiger partial charge in [-0.05, 0) is 28.6 Å². The number of aliphatic hydroxyl groups excluding tert-OH is 1. The smallest absolute Gasteiger partial charge is 0.260 e. The number of thiophene rings is 1. The lowest BCUT2D eigenvalue weighted by Crippen LogP contribution is -2.39. The number of nitrogens with zero attached hydrogens (tertiary/aromatic N) is 1. The van der Waals surface area contributed by atoms with Crippen LogP contribution in [0.5, 0.6) is 0 Å². The van der Waals surface area contributed by atoms with Crippen LogP contribution in [-0.4, -0.2) is 28.9 Å².